The van der Waals surface area contributed by atoms with E-state index in [1.165, 1.54) is 0 Å². The van der Waals surface area contributed by atoms with Gasteiger partial charge in [0.15, 0.2) is 0 Å². The molecule has 4 heteroatoms. The van der Waals surface area contributed by atoms with E-state index in [4.69, 9.17) is 16.0 Å². The Kier molecular flexibility index (Phi) is 3.02. The van der Waals surface area contributed by atoms with Crippen LogP contribution in [0.4, 0.5) is 4.39 Å². The summed E-state index contributed by atoms with van der Waals surface area (Å²) in [5.74, 6) is 1.05. The van der Waals surface area contributed by atoms with Crippen molar-refractivity contribution >= 4 is 11.6 Å². The molecule has 1 heterocycles. The SMILES string of the molecule is FCCc1cnc(-c2ccc(Cl)cc2)o1. The zero-order chi connectivity index (χ0) is 10.7. The Morgan fingerprint density at radius 3 is 2.67 bits per heavy atom. The number of hydrogen-bond donors (Lipinski definition) is 0. The van der Waals surface area contributed by atoms with Gasteiger partial charge in [-0.25, -0.2) is 4.98 Å². The van der Waals surface area contributed by atoms with Gasteiger partial charge >= 0.3 is 0 Å². The second-order valence-corrected chi connectivity index (χ2v) is 3.51. The van der Waals surface area contributed by atoms with Gasteiger partial charge in [0.2, 0.25) is 5.89 Å². The summed E-state index contributed by atoms with van der Waals surface area (Å²) >= 11 is 5.75. The van der Waals surface area contributed by atoms with Crippen LogP contribution in [0.5, 0.6) is 0 Å². The van der Waals surface area contributed by atoms with Crippen LogP contribution in [0, 0.1) is 0 Å². The lowest BCUT2D eigenvalue weighted by atomic mass is 10.2. The predicted molar refractivity (Wildman–Crippen MR) is 56.6 cm³/mol. The molecule has 1 aromatic carbocycles. The summed E-state index contributed by atoms with van der Waals surface area (Å²) in [6.07, 6.45) is 1.81. The van der Waals surface area contributed by atoms with Crippen molar-refractivity contribution in [2.24, 2.45) is 0 Å². The minimum absolute atomic E-state index is 0.264. The van der Waals surface area contributed by atoms with Gasteiger partial charge in [0.05, 0.1) is 12.9 Å². The number of alkyl halides is 1. The lowest BCUT2D eigenvalue weighted by molar-refractivity contribution is 0.443. The van der Waals surface area contributed by atoms with Crippen molar-refractivity contribution < 1.29 is 8.81 Å². The highest BCUT2D eigenvalue weighted by molar-refractivity contribution is 6.30. The monoisotopic (exact) mass is 225 g/mol. The molecule has 0 saturated heterocycles. The molecule has 2 rings (SSSR count). The molecular formula is C11H9ClFNO. The molecule has 2 nitrogen and oxygen atoms in total. The number of oxazole rings is 1. The maximum absolute atomic E-state index is 12.0. The van der Waals surface area contributed by atoms with Gasteiger partial charge in [-0.05, 0) is 24.3 Å². The Hall–Kier alpha value is -1.35. The molecule has 0 radical (unpaired) electrons. The summed E-state index contributed by atoms with van der Waals surface area (Å²) in [7, 11) is 0. The highest BCUT2D eigenvalue weighted by atomic mass is 35.5. The first-order valence-corrected chi connectivity index (χ1v) is 4.94. The van der Waals surface area contributed by atoms with Crippen LogP contribution < -0.4 is 0 Å². The van der Waals surface area contributed by atoms with Crippen LogP contribution in [0.15, 0.2) is 34.9 Å². The van der Waals surface area contributed by atoms with E-state index < -0.39 is 6.67 Å². The molecule has 2 aromatic rings. The molecule has 0 spiro atoms. The van der Waals surface area contributed by atoms with Crippen molar-refractivity contribution in [1.82, 2.24) is 4.98 Å². The van der Waals surface area contributed by atoms with Crippen LogP contribution in [0.1, 0.15) is 5.76 Å². The van der Waals surface area contributed by atoms with Gasteiger partial charge < -0.3 is 4.42 Å². The van der Waals surface area contributed by atoms with Crippen molar-refractivity contribution in [3.8, 4) is 11.5 Å². The third-order valence-electron chi connectivity index (χ3n) is 1.99. The van der Waals surface area contributed by atoms with Gasteiger partial charge in [-0.3, -0.25) is 4.39 Å². The number of benzene rings is 1. The molecule has 0 unspecified atom stereocenters. The first kappa shape index (κ1) is 10.2. The second kappa shape index (κ2) is 4.45. The van der Waals surface area contributed by atoms with Crippen molar-refractivity contribution in [1.29, 1.82) is 0 Å². The topological polar surface area (TPSA) is 26.0 Å². The number of aryl methyl sites for hydroxylation is 1. The highest BCUT2D eigenvalue weighted by Gasteiger charge is 2.05. The van der Waals surface area contributed by atoms with Crippen molar-refractivity contribution in [3.63, 3.8) is 0 Å². The van der Waals surface area contributed by atoms with E-state index in [0.717, 1.165) is 5.56 Å². The molecule has 0 aliphatic heterocycles. The molecule has 1 aromatic heterocycles. The molecule has 0 N–H and O–H groups in total. The quantitative estimate of drug-likeness (QED) is 0.799. The van der Waals surface area contributed by atoms with E-state index in [9.17, 15) is 4.39 Å². The smallest absolute Gasteiger partial charge is 0.226 e. The second-order valence-electron chi connectivity index (χ2n) is 3.08. The summed E-state index contributed by atoms with van der Waals surface area (Å²) in [6, 6.07) is 7.15. The fourth-order valence-corrected chi connectivity index (χ4v) is 1.37. The van der Waals surface area contributed by atoms with E-state index in [1.807, 2.05) is 12.1 Å². The highest BCUT2D eigenvalue weighted by Crippen LogP contribution is 2.21. The maximum Gasteiger partial charge on any atom is 0.226 e. The molecule has 0 saturated carbocycles. The maximum atomic E-state index is 12.0. The lowest BCUT2D eigenvalue weighted by Gasteiger charge is -1.95. The predicted octanol–water partition coefficient (Wildman–Crippen LogP) is 3.51. The van der Waals surface area contributed by atoms with Crippen LogP contribution in [0.3, 0.4) is 0 Å². The zero-order valence-corrected chi connectivity index (χ0v) is 8.67. The third kappa shape index (κ3) is 2.36. The van der Waals surface area contributed by atoms with Crippen molar-refractivity contribution in [2.45, 2.75) is 6.42 Å². The van der Waals surface area contributed by atoms with Crippen molar-refractivity contribution in [3.05, 3.63) is 41.2 Å². The molecule has 0 amide bonds. The summed E-state index contributed by atoms with van der Waals surface area (Å²) in [5, 5.41) is 0.661. The van der Waals surface area contributed by atoms with Gasteiger partial charge in [-0.2, -0.15) is 0 Å². The largest absolute Gasteiger partial charge is 0.441 e. The average Bonchev–Trinajstić information content (AvgIpc) is 2.68. The molecule has 0 fully saturated rings. The summed E-state index contributed by atoms with van der Waals surface area (Å²) in [4.78, 5) is 4.06. The molecule has 78 valence electrons. The summed E-state index contributed by atoms with van der Waals surface area (Å²) in [5.41, 5.74) is 0.838. The molecular weight excluding hydrogens is 217 g/mol. The van der Waals surface area contributed by atoms with Crippen LogP contribution in [0.25, 0.3) is 11.5 Å². The van der Waals surface area contributed by atoms with Gasteiger partial charge in [-0.15, -0.1) is 0 Å². The van der Waals surface area contributed by atoms with Crippen LogP contribution in [0.2, 0.25) is 5.02 Å². The number of hydrogen-bond acceptors (Lipinski definition) is 2. The minimum atomic E-state index is -0.435. The van der Waals surface area contributed by atoms with Crippen LogP contribution in [-0.4, -0.2) is 11.7 Å². The third-order valence-corrected chi connectivity index (χ3v) is 2.24. The Morgan fingerprint density at radius 2 is 2.00 bits per heavy atom. The summed E-state index contributed by atoms with van der Waals surface area (Å²) in [6.45, 7) is -0.435. The van der Waals surface area contributed by atoms with E-state index in [2.05, 4.69) is 4.98 Å². The van der Waals surface area contributed by atoms with E-state index in [0.29, 0.717) is 16.7 Å². The fraction of sp³-hybridized carbons (Fsp3) is 0.182. The molecule has 0 aliphatic carbocycles. The Morgan fingerprint density at radius 1 is 1.27 bits per heavy atom. The van der Waals surface area contributed by atoms with E-state index >= 15 is 0 Å². The van der Waals surface area contributed by atoms with Crippen molar-refractivity contribution in [2.75, 3.05) is 6.67 Å². The normalized spacial score (nSPS) is 10.5. The molecule has 0 atom stereocenters. The van der Waals surface area contributed by atoms with E-state index in [1.54, 1.807) is 18.3 Å². The Bertz CT molecular complexity index is 438. The first-order valence-electron chi connectivity index (χ1n) is 4.56. The van der Waals surface area contributed by atoms with Gasteiger partial charge in [-0.1, -0.05) is 11.6 Å². The minimum Gasteiger partial charge on any atom is -0.441 e. The molecule has 0 aliphatic rings. The Balaban J connectivity index is 2.25. The number of halogens is 2. The van der Waals surface area contributed by atoms with Crippen LogP contribution >= 0.6 is 11.6 Å². The first-order chi connectivity index (χ1) is 7.29. The standard InChI is InChI=1S/C11H9ClFNO/c12-9-3-1-8(2-4-9)11-14-7-10(15-11)5-6-13/h1-4,7H,5-6H2. The van der Waals surface area contributed by atoms with Gasteiger partial charge in [0.25, 0.3) is 0 Å². The van der Waals surface area contributed by atoms with Crippen LogP contribution in [-0.2, 0) is 6.42 Å². The number of rotatable bonds is 3. The average molecular weight is 226 g/mol. The lowest BCUT2D eigenvalue weighted by Crippen LogP contribution is -1.81. The molecule has 0 bridgehead atoms. The number of nitrogens with zero attached hydrogens (tertiary/aromatic N) is 1. The number of aromatic nitrogens is 1. The molecule has 15 heavy (non-hydrogen) atoms. The zero-order valence-electron chi connectivity index (χ0n) is 7.91. The van der Waals surface area contributed by atoms with Gasteiger partial charge in [0.1, 0.15) is 5.76 Å². The summed E-state index contributed by atoms with van der Waals surface area (Å²) < 4.78 is 17.4. The van der Waals surface area contributed by atoms with E-state index in [-0.39, 0.29) is 6.42 Å². The Labute approximate surface area is 91.7 Å². The van der Waals surface area contributed by atoms with Gasteiger partial charge in [0, 0.05) is 17.0 Å². The fourth-order valence-electron chi connectivity index (χ4n) is 1.24.